The second kappa shape index (κ2) is 7.78. The van der Waals surface area contributed by atoms with Crippen molar-refractivity contribution in [3.63, 3.8) is 0 Å². The molecule has 1 saturated heterocycles. The molecule has 1 aliphatic heterocycles. The zero-order valence-electron chi connectivity index (χ0n) is 18.6. The summed E-state index contributed by atoms with van der Waals surface area (Å²) in [6.07, 6.45) is 0. The number of ketones is 1. The maximum Gasteiger partial charge on any atom is 0.300 e. The molecule has 3 aromatic carbocycles. The first kappa shape index (κ1) is 20.8. The highest BCUT2D eigenvalue weighted by Gasteiger charge is 2.48. The smallest absolute Gasteiger partial charge is 0.300 e. The van der Waals surface area contributed by atoms with Gasteiger partial charge in [-0.1, -0.05) is 48.5 Å². The fourth-order valence-electron chi connectivity index (χ4n) is 4.44. The van der Waals surface area contributed by atoms with Gasteiger partial charge in [-0.25, -0.2) is 0 Å². The van der Waals surface area contributed by atoms with E-state index in [1.807, 2.05) is 68.4 Å². The lowest BCUT2D eigenvalue weighted by atomic mass is 9.97. The average molecular weight is 437 g/mol. The minimum atomic E-state index is -0.870. The van der Waals surface area contributed by atoms with Gasteiger partial charge in [0.05, 0.1) is 5.57 Å². The summed E-state index contributed by atoms with van der Waals surface area (Å²) in [5, 5.41) is 13.3. The Morgan fingerprint density at radius 3 is 2.36 bits per heavy atom. The summed E-state index contributed by atoms with van der Waals surface area (Å²) < 4.78 is 5.88. The Morgan fingerprint density at radius 1 is 0.879 bits per heavy atom. The van der Waals surface area contributed by atoms with Gasteiger partial charge in [-0.3, -0.25) is 14.5 Å². The molecule has 1 N–H and O–H groups in total. The Morgan fingerprint density at radius 2 is 1.64 bits per heavy atom. The molecular formula is C28H23NO4. The van der Waals surface area contributed by atoms with Gasteiger partial charge >= 0.3 is 0 Å². The first-order valence-electron chi connectivity index (χ1n) is 10.8. The Labute approximate surface area is 191 Å². The maximum absolute atomic E-state index is 13.3. The highest BCUT2D eigenvalue weighted by atomic mass is 16.3. The molecule has 5 heteroatoms. The molecule has 0 spiro atoms. The topological polar surface area (TPSA) is 70.8 Å². The van der Waals surface area contributed by atoms with Crippen LogP contribution in [0.1, 0.15) is 34.3 Å². The van der Waals surface area contributed by atoms with Crippen molar-refractivity contribution in [2.75, 3.05) is 4.90 Å². The molecule has 0 bridgehead atoms. The van der Waals surface area contributed by atoms with E-state index in [4.69, 9.17) is 4.42 Å². The second-order valence-electron chi connectivity index (χ2n) is 8.40. The van der Waals surface area contributed by atoms with Crippen molar-refractivity contribution in [1.82, 2.24) is 0 Å². The Kier molecular flexibility index (Phi) is 4.90. The van der Waals surface area contributed by atoms with Gasteiger partial charge in [0.15, 0.2) is 0 Å². The van der Waals surface area contributed by atoms with E-state index in [9.17, 15) is 14.7 Å². The van der Waals surface area contributed by atoms with E-state index in [-0.39, 0.29) is 11.3 Å². The van der Waals surface area contributed by atoms with Crippen LogP contribution in [0.5, 0.6) is 0 Å². The van der Waals surface area contributed by atoms with E-state index in [0.717, 1.165) is 21.9 Å². The molecule has 1 unspecified atom stereocenters. The van der Waals surface area contributed by atoms with Crippen LogP contribution < -0.4 is 4.90 Å². The van der Waals surface area contributed by atoms with E-state index in [0.29, 0.717) is 22.8 Å². The highest BCUT2D eigenvalue weighted by Crippen LogP contribution is 2.44. The van der Waals surface area contributed by atoms with Crippen LogP contribution in [0, 0.1) is 20.8 Å². The monoisotopic (exact) mass is 437 g/mol. The SMILES string of the molecule is Cc1ccc(C2/C(=C(/O)c3ccc4ccccc4c3)C(=O)C(=O)N2c2cccc(C)c2C)o1. The largest absolute Gasteiger partial charge is 0.507 e. The first-order chi connectivity index (χ1) is 15.9. The molecule has 0 aliphatic carbocycles. The summed E-state index contributed by atoms with van der Waals surface area (Å²) in [5.74, 6) is -0.561. The van der Waals surface area contributed by atoms with Gasteiger partial charge in [0.1, 0.15) is 23.3 Å². The summed E-state index contributed by atoms with van der Waals surface area (Å²) in [7, 11) is 0. The van der Waals surface area contributed by atoms with Gasteiger partial charge < -0.3 is 9.52 Å². The molecule has 164 valence electrons. The normalized spacial score (nSPS) is 17.8. The number of rotatable bonds is 3. The number of Topliss-reactive ketones (excluding diaryl/α,β-unsaturated/α-hetero) is 1. The molecule has 4 aromatic rings. The summed E-state index contributed by atoms with van der Waals surface area (Å²) >= 11 is 0. The van der Waals surface area contributed by atoms with Gasteiger partial charge in [0.2, 0.25) is 0 Å². The zero-order chi connectivity index (χ0) is 23.3. The van der Waals surface area contributed by atoms with Crippen LogP contribution in [0.2, 0.25) is 0 Å². The van der Waals surface area contributed by atoms with Crippen molar-refractivity contribution >= 4 is 33.9 Å². The third-order valence-electron chi connectivity index (χ3n) is 6.33. The van der Waals surface area contributed by atoms with Gasteiger partial charge in [0, 0.05) is 11.3 Å². The number of aliphatic hydroxyl groups is 1. The third kappa shape index (κ3) is 3.33. The maximum atomic E-state index is 13.3. The molecule has 2 heterocycles. The molecular weight excluding hydrogens is 414 g/mol. The summed E-state index contributed by atoms with van der Waals surface area (Å²) in [6.45, 7) is 5.67. The second-order valence-corrected chi connectivity index (χ2v) is 8.40. The van der Waals surface area contributed by atoms with Gasteiger partial charge in [-0.05, 0) is 66.9 Å². The predicted octanol–water partition coefficient (Wildman–Crippen LogP) is 5.98. The van der Waals surface area contributed by atoms with Crippen molar-refractivity contribution < 1.29 is 19.1 Å². The van der Waals surface area contributed by atoms with Crippen LogP contribution in [0.3, 0.4) is 0 Å². The molecule has 1 fully saturated rings. The minimum Gasteiger partial charge on any atom is -0.507 e. The lowest BCUT2D eigenvalue weighted by Crippen LogP contribution is -2.30. The molecule has 1 amide bonds. The molecule has 1 aromatic heterocycles. The minimum absolute atomic E-state index is 0.0190. The number of furan rings is 1. The van der Waals surface area contributed by atoms with Gasteiger partial charge in [-0.15, -0.1) is 0 Å². The molecule has 33 heavy (non-hydrogen) atoms. The quantitative estimate of drug-likeness (QED) is 0.243. The van der Waals surface area contributed by atoms with Crippen molar-refractivity contribution in [3.05, 3.63) is 107 Å². The first-order valence-corrected chi connectivity index (χ1v) is 10.8. The molecule has 0 radical (unpaired) electrons. The number of benzene rings is 3. The van der Waals surface area contributed by atoms with Crippen molar-refractivity contribution in [2.45, 2.75) is 26.8 Å². The number of carbonyl (C=O) groups excluding carboxylic acids is 2. The number of fused-ring (bicyclic) bond motifs is 1. The fraction of sp³-hybridized carbons (Fsp3) is 0.143. The molecule has 5 rings (SSSR count). The number of aliphatic hydroxyl groups excluding tert-OH is 1. The number of carbonyl (C=O) groups is 2. The summed E-state index contributed by atoms with van der Waals surface area (Å²) in [4.78, 5) is 28.1. The van der Waals surface area contributed by atoms with Crippen molar-refractivity contribution in [1.29, 1.82) is 0 Å². The van der Waals surface area contributed by atoms with Crippen LogP contribution in [-0.4, -0.2) is 16.8 Å². The lowest BCUT2D eigenvalue weighted by Gasteiger charge is -2.25. The highest BCUT2D eigenvalue weighted by molar-refractivity contribution is 6.51. The fourth-order valence-corrected chi connectivity index (χ4v) is 4.44. The Balaban J connectivity index is 1.75. The van der Waals surface area contributed by atoms with E-state index in [1.54, 1.807) is 25.1 Å². The van der Waals surface area contributed by atoms with Gasteiger partial charge in [0.25, 0.3) is 11.7 Å². The number of hydrogen-bond donors (Lipinski definition) is 1. The summed E-state index contributed by atoms with van der Waals surface area (Å²) in [5.41, 5.74) is 3.00. The Bertz CT molecular complexity index is 1460. The Hall–Kier alpha value is -4.12. The van der Waals surface area contributed by atoms with Crippen LogP contribution in [0.4, 0.5) is 5.69 Å². The molecule has 5 nitrogen and oxygen atoms in total. The standard InChI is InChI=1S/C28H23NO4/c1-16-7-6-10-22(18(16)3)29-25(23-14-11-17(2)33-23)24(27(31)28(29)32)26(30)21-13-12-19-8-4-5-9-20(19)15-21/h4-15,25,30H,1-3H3/b26-24-. The molecule has 0 saturated carbocycles. The van der Waals surface area contributed by atoms with Crippen molar-refractivity contribution in [3.8, 4) is 0 Å². The van der Waals surface area contributed by atoms with Crippen LogP contribution >= 0.6 is 0 Å². The van der Waals surface area contributed by atoms with E-state index in [1.165, 1.54) is 4.90 Å². The van der Waals surface area contributed by atoms with Gasteiger partial charge in [-0.2, -0.15) is 0 Å². The predicted molar refractivity (Wildman–Crippen MR) is 128 cm³/mol. The van der Waals surface area contributed by atoms with Crippen LogP contribution in [0.25, 0.3) is 16.5 Å². The number of nitrogens with zero attached hydrogens (tertiary/aromatic N) is 1. The number of aryl methyl sites for hydroxylation is 2. The van der Waals surface area contributed by atoms with E-state index in [2.05, 4.69) is 0 Å². The van der Waals surface area contributed by atoms with Crippen molar-refractivity contribution in [2.24, 2.45) is 0 Å². The van der Waals surface area contributed by atoms with E-state index >= 15 is 0 Å². The van der Waals surface area contributed by atoms with Crippen LogP contribution in [0.15, 0.2) is 82.8 Å². The molecule has 1 atom stereocenters. The summed E-state index contributed by atoms with van der Waals surface area (Å²) in [6, 6.07) is 21.5. The average Bonchev–Trinajstić information content (AvgIpc) is 3.36. The molecule has 1 aliphatic rings. The number of amides is 1. The lowest BCUT2D eigenvalue weighted by molar-refractivity contribution is -0.132. The number of hydrogen-bond acceptors (Lipinski definition) is 4. The number of anilines is 1. The van der Waals surface area contributed by atoms with Crippen LogP contribution in [-0.2, 0) is 9.59 Å². The zero-order valence-corrected chi connectivity index (χ0v) is 18.6. The third-order valence-corrected chi connectivity index (χ3v) is 6.33. The van der Waals surface area contributed by atoms with E-state index < -0.39 is 17.7 Å².